The summed E-state index contributed by atoms with van der Waals surface area (Å²) in [4.78, 5) is 19.4. The van der Waals surface area contributed by atoms with Crippen molar-refractivity contribution in [3.8, 4) is 0 Å². The molecule has 1 amide bonds. The van der Waals surface area contributed by atoms with Crippen molar-refractivity contribution in [2.24, 2.45) is 0 Å². The number of hydrogen-bond acceptors (Lipinski definition) is 4. The molecule has 1 aliphatic rings. The number of nitrogens with zero attached hydrogens (tertiary/aromatic N) is 1. The highest BCUT2D eigenvalue weighted by Gasteiger charge is 2.30. The predicted molar refractivity (Wildman–Crippen MR) is 122 cm³/mol. The van der Waals surface area contributed by atoms with Gasteiger partial charge in [-0.15, -0.1) is 0 Å². The molecule has 1 atom stereocenters. The van der Waals surface area contributed by atoms with Crippen LogP contribution in [0.25, 0.3) is 0 Å². The number of amides is 1. The van der Waals surface area contributed by atoms with Crippen molar-refractivity contribution in [1.29, 1.82) is 0 Å². The van der Waals surface area contributed by atoms with Crippen molar-refractivity contribution < 1.29 is 28.1 Å². The van der Waals surface area contributed by atoms with Gasteiger partial charge in [-0.3, -0.25) is 10.1 Å². The zero-order valence-corrected chi connectivity index (χ0v) is 18.6. The summed E-state index contributed by atoms with van der Waals surface area (Å²) in [6.07, 6.45) is -3.60. The van der Waals surface area contributed by atoms with Crippen LogP contribution in [0.4, 0.5) is 18.9 Å². The third kappa shape index (κ3) is 5.24. The number of alkyl halides is 3. The summed E-state index contributed by atoms with van der Waals surface area (Å²) in [5.41, 5.74) is 4.19. The molecular weight excluding hydrogens is 445 g/mol. The molecule has 0 spiro atoms. The number of nitrogens with one attached hydrogen (secondary N) is 1. The number of rotatable bonds is 7. The topological polar surface area (TPSA) is 61.8 Å². The Morgan fingerprint density at radius 1 is 1.06 bits per heavy atom. The lowest BCUT2D eigenvalue weighted by Crippen LogP contribution is -2.29. The minimum Gasteiger partial charge on any atom is -0.366 e. The lowest BCUT2D eigenvalue weighted by Gasteiger charge is -2.23. The Bertz CT molecular complexity index is 1150. The van der Waals surface area contributed by atoms with Gasteiger partial charge in [0.1, 0.15) is 6.61 Å². The summed E-state index contributed by atoms with van der Waals surface area (Å²) in [5.74, 6) is -0.216. The van der Waals surface area contributed by atoms with Crippen molar-refractivity contribution in [1.82, 2.24) is 5.32 Å². The molecule has 0 fully saturated rings. The highest BCUT2D eigenvalue weighted by molar-refractivity contribution is 6.01. The molecule has 0 radical (unpaired) electrons. The van der Waals surface area contributed by atoms with Crippen LogP contribution in [-0.2, 0) is 30.6 Å². The van der Waals surface area contributed by atoms with E-state index in [0.29, 0.717) is 18.7 Å². The van der Waals surface area contributed by atoms with Gasteiger partial charge in [-0.1, -0.05) is 48.5 Å². The van der Waals surface area contributed by atoms with E-state index in [4.69, 9.17) is 5.26 Å². The Labute approximate surface area is 195 Å². The molecule has 3 aromatic rings. The van der Waals surface area contributed by atoms with Gasteiger partial charge >= 0.3 is 6.18 Å². The summed E-state index contributed by atoms with van der Waals surface area (Å²) in [5, 5.41) is 11.6. The summed E-state index contributed by atoms with van der Waals surface area (Å²) in [7, 11) is 0. The molecular formula is C26H25F3N2O3. The molecule has 0 bridgehead atoms. The van der Waals surface area contributed by atoms with E-state index in [2.05, 4.69) is 10.2 Å². The third-order valence-electron chi connectivity index (χ3n) is 6.04. The molecule has 8 heteroatoms. The SMILES string of the molecule is CC(NC(=O)c1cccc2c1N(Cc1ccc(C(F)(F)F)cc1)CC2)c1ccc(COO)cc1. The monoisotopic (exact) mass is 470 g/mol. The van der Waals surface area contributed by atoms with Crippen LogP contribution in [0.3, 0.4) is 0 Å². The van der Waals surface area contributed by atoms with Gasteiger partial charge in [-0.05, 0) is 53.8 Å². The average Bonchev–Trinajstić information content (AvgIpc) is 3.22. The first-order valence-electron chi connectivity index (χ1n) is 11.0. The minimum atomic E-state index is -4.37. The van der Waals surface area contributed by atoms with Gasteiger partial charge in [-0.2, -0.15) is 13.2 Å². The highest BCUT2D eigenvalue weighted by atomic mass is 19.4. The van der Waals surface area contributed by atoms with Crippen molar-refractivity contribution >= 4 is 11.6 Å². The maximum Gasteiger partial charge on any atom is 0.416 e. The molecule has 0 aromatic heterocycles. The minimum absolute atomic E-state index is 0.0892. The van der Waals surface area contributed by atoms with Gasteiger partial charge in [0.15, 0.2) is 0 Å². The van der Waals surface area contributed by atoms with Gasteiger partial charge in [0.2, 0.25) is 0 Å². The maximum atomic E-state index is 13.2. The lowest BCUT2D eigenvalue weighted by atomic mass is 10.0. The molecule has 178 valence electrons. The van der Waals surface area contributed by atoms with Crippen LogP contribution in [0, 0.1) is 0 Å². The second kappa shape index (κ2) is 9.87. The van der Waals surface area contributed by atoms with Crippen molar-refractivity contribution in [2.75, 3.05) is 11.4 Å². The summed E-state index contributed by atoms with van der Waals surface area (Å²) in [6, 6.07) is 17.9. The summed E-state index contributed by atoms with van der Waals surface area (Å²) < 4.78 is 38.6. The number of fused-ring (bicyclic) bond motifs is 1. The van der Waals surface area contributed by atoms with Crippen LogP contribution in [0.15, 0.2) is 66.7 Å². The van der Waals surface area contributed by atoms with Crippen LogP contribution in [0.5, 0.6) is 0 Å². The van der Waals surface area contributed by atoms with E-state index in [1.165, 1.54) is 12.1 Å². The second-order valence-corrected chi connectivity index (χ2v) is 8.39. The van der Waals surface area contributed by atoms with Crippen LogP contribution in [0.2, 0.25) is 0 Å². The van der Waals surface area contributed by atoms with E-state index < -0.39 is 11.7 Å². The van der Waals surface area contributed by atoms with Gasteiger partial charge in [0.05, 0.1) is 22.9 Å². The van der Waals surface area contributed by atoms with Gasteiger partial charge in [0.25, 0.3) is 5.91 Å². The molecule has 1 aliphatic heterocycles. The summed E-state index contributed by atoms with van der Waals surface area (Å²) in [6.45, 7) is 3.08. The van der Waals surface area contributed by atoms with E-state index in [1.54, 1.807) is 6.07 Å². The number of carbonyl (C=O) groups excluding carboxylic acids is 1. The fourth-order valence-electron chi connectivity index (χ4n) is 4.23. The van der Waals surface area contributed by atoms with E-state index >= 15 is 0 Å². The number of anilines is 1. The first kappa shape index (κ1) is 23.8. The Hall–Kier alpha value is -3.36. The number of benzene rings is 3. The molecule has 0 saturated heterocycles. The molecule has 5 nitrogen and oxygen atoms in total. The molecule has 1 heterocycles. The fraction of sp³-hybridized carbons (Fsp3) is 0.269. The highest BCUT2D eigenvalue weighted by Crippen LogP contribution is 2.34. The number of halogens is 3. The van der Waals surface area contributed by atoms with Crippen molar-refractivity contribution in [3.63, 3.8) is 0 Å². The zero-order chi connectivity index (χ0) is 24.3. The number of para-hydroxylation sites is 1. The Morgan fingerprint density at radius 2 is 1.74 bits per heavy atom. The Balaban J connectivity index is 1.50. The molecule has 4 rings (SSSR count). The number of hydrogen-bond donors (Lipinski definition) is 2. The first-order chi connectivity index (χ1) is 16.3. The third-order valence-corrected chi connectivity index (χ3v) is 6.04. The van der Waals surface area contributed by atoms with Crippen LogP contribution >= 0.6 is 0 Å². The first-order valence-corrected chi connectivity index (χ1v) is 11.0. The van der Waals surface area contributed by atoms with Crippen LogP contribution in [0.1, 0.15) is 51.1 Å². The lowest BCUT2D eigenvalue weighted by molar-refractivity contribution is -0.253. The van der Waals surface area contributed by atoms with Crippen LogP contribution < -0.4 is 10.2 Å². The van der Waals surface area contributed by atoms with E-state index in [-0.39, 0.29) is 18.6 Å². The Kier molecular flexibility index (Phi) is 6.90. The molecule has 1 unspecified atom stereocenters. The smallest absolute Gasteiger partial charge is 0.366 e. The molecule has 0 saturated carbocycles. The van der Waals surface area contributed by atoms with Crippen LogP contribution in [-0.4, -0.2) is 17.7 Å². The van der Waals surface area contributed by atoms with E-state index in [9.17, 15) is 18.0 Å². The van der Waals surface area contributed by atoms with E-state index in [0.717, 1.165) is 46.5 Å². The van der Waals surface area contributed by atoms with Crippen molar-refractivity contribution in [3.05, 3.63) is 100 Å². The quantitative estimate of drug-likeness (QED) is 0.341. The average molecular weight is 470 g/mol. The molecule has 0 aliphatic carbocycles. The molecule has 34 heavy (non-hydrogen) atoms. The standard InChI is InChI=1S/C26H25F3N2O3/c1-17(20-9-5-19(6-10-20)16-34-33)30-25(32)23-4-2-3-21-13-14-31(24(21)23)15-18-7-11-22(12-8-18)26(27,28)29/h2-12,17,33H,13-16H2,1H3,(H,30,32). The Morgan fingerprint density at radius 3 is 2.38 bits per heavy atom. The number of carbonyl (C=O) groups is 1. The fourth-order valence-corrected chi connectivity index (χ4v) is 4.23. The van der Waals surface area contributed by atoms with Gasteiger partial charge < -0.3 is 10.2 Å². The molecule has 2 N–H and O–H groups in total. The van der Waals surface area contributed by atoms with Gasteiger partial charge in [-0.25, -0.2) is 4.89 Å². The van der Waals surface area contributed by atoms with Crippen molar-refractivity contribution in [2.45, 2.75) is 38.7 Å². The summed E-state index contributed by atoms with van der Waals surface area (Å²) >= 11 is 0. The second-order valence-electron chi connectivity index (χ2n) is 8.39. The molecule has 3 aromatic carbocycles. The predicted octanol–water partition coefficient (Wildman–Crippen LogP) is 5.75. The van der Waals surface area contributed by atoms with E-state index in [1.807, 2.05) is 48.2 Å². The van der Waals surface area contributed by atoms with Gasteiger partial charge in [0, 0.05) is 13.1 Å². The maximum absolute atomic E-state index is 13.2. The zero-order valence-electron chi connectivity index (χ0n) is 18.6. The normalized spacial score (nSPS) is 14.1. The largest absolute Gasteiger partial charge is 0.416 e.